The largest absolute Gasteiger partial charge is 0.493 e. The number of hydrogen-bond acceptors (Lipinski definition) is 6. The van der Waals surface area contributed by atoms with E-state index in [0.29, 0.717) is 29.3 Å². The molecular formula is C23H30N4O3. The van der Waals surface area contributed by atoms with Gasteiger partial charge in [0.25, 0.3) is 5.91 Å². The molecule has 0 aliphatic carbocycles. The third-order valence-corrected chi connectivity index (χ3v) is 6.04. The zero-order chi connectivity index (χ0) is 20.9. The molecule has 0 spiro atoms. The van der Waals surface area contributed by atoms with Crippen molar-refractivity contribution in [2.75, 3.05) is 27.3 Å². The molecule has 2 aromatic carbocycles. The number of carbonyl (C=O) groups excluding carboxylic acids is 1. The molecule has 4 rings (SSSR count). The molecule has 7 nitrogen and oxygen atoms in total. The Morgan fingerprint density at radius 1 is 1.00 bits per heavy atom. The van der Waals surface area contributed by atoms with Gasteiger partial charge in [0.2, 0.25) is 0 Å². The molecule has 0 bridgehead atoms. The average molecular weight is 411 g/mol. The highest BCUT2D eigenvalue weighted by Crippen LogP contribution is 2.31. The third-order valence-electron chi connectivity index (χ3n) is 6.04. The molecule has 160 valence electrons. The molecular weight excluding hydrogens is 380 g/mol. The second-order valence-corrected chi connectivity index (χ2v) is 7.83. The molecule has 2 saturated heterocycles. The van der Waals surface area contributed by atoms with Crippen LogP contribution in [0.2, 0.25) is 0 Å². The molecule has 2 aliphatic heterocycles. The van der Waals surface area contributed by atoms with E-state index in [2.05, 4.69) is 45.3 Å². The Hall–Kier alpha value is -2.61. The molecule has 3 N–H and O–H groups in total. The fourth-order valence-electron chi connectivity index (χ4n) is 4.37. The summed E-state index contributed by atoms with van der Waals surface area (Å²) in [5.74, 6) is 0.921. The molecule has 2 aliphatic rings. The number of carbonyl (C=O) groups is 1. The average Bonchev–Trinajstić information content (AvgIpc) is 3.30. The van der Waals surface area contributed by atoms with Crippen LogP contribution < -0.4 is 25.6 Å². The first kappa shape index (κ1) is 20.7. The molecule has 7 heteroatoms. The number of benzene rings is 2. The van der Waals surface area contributed by atoms with Crippen LogP contribution in [0.5, 0.6) is 11.5 Å². The molecule has 2 aromatic rings. The standard InChI is InChI=1S/C23H30N4O3/c1-29-20-10-6-9-18(22(20)30-2)23(28)24-17-11-13-27(14-12-17)21-15-19(25-26-21)16-7-4-3-5-8-16/h3-10,17,19,21,25-26H,11-15H2,1-2H3,(H,24,28). The summed E-state index contributed by atoms with van der Waals surface area (Å²) >= 11 is 0. The highest BCUT2D eigenvalue weighted by Gasteiger charge is 2.32. The smallest absolute Gasteiger partial charge is 0.255 e. The summed E-state index contributed by atoms with van der Waals surface area (Å²) in [6, 6.07) is 16.4. The first-order valence-electron chi connectivity index (χ1n) is 10.5. The number of amides is 1. The Kier molecular flexibility index (Phi) is 6.52. The van der Waals surface area contributed by atoms with Gasteiger partial charge < -0.3 is 14.8 Å². The number of methoxy groups -OCH3 is 2. The Balaban J connectivity index is 1.30. The minimum Gasteiger partial charge on any atom is -0.493 e. The maximum absolute atomic E-state index is 12.8. The molecule has 2 atom stereocenters. The maximum atomic E-state index is 12.8. The second kappa shape index (κ2) is 9.47. The lowest BCUT2D eigenvalue weighted by Gasteiger charge is -2.36. The van der Waals surface area contributed by atoms with Crippen molar-refractivity contribution in [1.82, 2.24) is 21.1 Å². The fourth-order valence-corrected chi connectivity index (χ4v) is 4.37. The van der Waals surface area contributed by atoms with Crippen molar-refractivity contribution in [2.45, 2.75) is 37.5 Å². The highest BCUT2D eigenvalue weighted by atomic mass is 16.5. The van der Waals surface area contributed by atoms with Crippen molar-refractivity contribution in [2.24, 2.45) is 0 Å². The van der Waals surface area contributed by atoms with Crippen molar-refractivity contribution in [3.8, 4) is 11.5 Å². The second-order valence-electron chi connectivity index (χ2n) is 7.83. The Labute approximate surface area is 177 Å². The van der Waals surface area contributed by atoms with Gasteiger partial charge in [-0.3, -0.25) is 9.69 Å². The number of hydrogen-bond donors (Lipinski definition) is 3. The van der Waals surface area contributed by atoms with Gasteiger partial charge in [0.15, 0.2) is 11.5 Å². The summed E-state index contributed by atoms with van der Waals surface area (Å²) < 4.78 is 10.7. The van der Waals surface area contributed by atoms with E-state index in [9.17, 15) is 4.79 Å². The number of piperidine rings is 1. The number of nitrogens with zero attached hydrogens (tertiary/aromatic N) is 1. The van der Waals surface area contributed by atoms with Crippen molar-refractivity contribution >= 4 is 5.91 Å². The first-order valence-corrected chi connectivity index (χ1v) is 10.5. The summed E-state index contributed by atoms with van der Waals surface area (Å²) in [5, 5.41) is 3.17. The number of ether oxygens (including phenoxy) is 2. The SMILES string of the molecule is COc1cccc(C(=O)NC2CCN(C3CC(c4ccccc4)NN3)CC2)c1OC. The van der Waals surface area contributed by atoms with E-state index in [4.69, 9.17) is 9.47 Å². The molecule has 30 heavy (non-hydrogen) atoms. The molecule has 2 heterocycles. The summed E-state index contributed by atoms with van der Waals surface area (Å²) in [6.07, 6.45) is 3.19. The molecule has 2 fully saturated rings. The van der Waals surface area contributed by atoms with E-state index in [1.165, 1.54) is 5.56 Å². The Bertz CT molecular complexity index is 853. The Morgan fingerprint density at radius 3 is 2.47 bits per heavy atom. The minimum absolute atomic E-state index is 0.117. The van der Waals surface area contributed by atoms with E-state index >= 15 is 0 Å². The number of nitrogens with one attached hydrogen (secondary N) is 3. The van der Waals surface area contributed by atoms with Crippen molar-refractivity contribution in [1.29, 1.82) is 0 Å². The van der Waals surface area contributed by atoms with E-state index in [0.717, 1.165) is 32.4 Å². The van der Waals surface area contributed by atoms with Crippen LogP contribution in [0.25, 0.3) is 0 Å². The van der Waals surface area contributed by atoms with Gasteiger partial charge in [0.1, 0.15) is 0 Å². The normalized spacial score (nSPS) is 22.6. The van der Waals surface area contributed by atoms with Gasteiger partial charge in [-0.25, -0.2) is 10.9 Å². The number of hydrazine groups is 1. The van der Waals surface area contributed by atoms with Gasteiger partial charge in [-0.15, -0.1) is 0 Å². The molecule has 2 unspecified atom stereocenters. The predicted molar refractivity (Wildman–Crippen MR) is 115 cm³/mol. The fraction of sp³-hybridized carbons (Fsp3) is 0.435. The predicted octanol–water partition coefficient (Wildman–Crippen LogP) is 2.46. The highest BCUT2D eigenvalue weighted by molar-refractivity contribution is 5.98. The zero-order valence-electron chi connectivity index (χ0n) is 17.6. The Morgan fingerprint density at radius 2 is 1.77 bits per heavy atom. The van der Waals surface area contributed by atoms with Crippen molar-refractivity contribution < 1.29 is 14.3 Å². The lowest BCUT2D eigenvalue weighted by Crippen LogP contribution is -2.51. The van der Waals surface area contributed by atoms with Crippen LogP contribution in [-0.2, 0) is 0 Å². The van der Waals surface area contributed by atoms with Gasteiger partial charge in [-0.05, 0) is 37.0 Å². The monoisotopic (exact) mass is 410 g/mol. The molecule has 0 radical (unpaired) electrons. The minimum atomic E-state index is -0.117. The van der Waals surface area contributed by atoms with Gasteiger partial charge in [0, 0.05) is 25.2 Å². The van der Waals surface area contributed by atoms with Crippen molar-refractivity contribution in [3.05, 3.63) is 59.7 Å². The molecule has 0 aromatic heterocycles. The van der Waals surface area contributed by atoms with Crippen molar-refractivity contribution in [3.63, 3.8) is 0 Å². The van der Waals surface area contributed by atoms with Crippen LogP contribution in [-0.4, -0.2) is 50.3 Å². The van der Waals surface area contributed by atoms with E-state index in [1.54, 1.807) is 32.4 Å². The van der Waals surface area contributed by atoms with Gasteiger partial charge in [-0.2, -0.15) is 0 Å². The third kappa shape index (κ3) is 4.43. The van der Waals surface area contributed by atoms with Crippen LogP contribution in [0.3, 0.4) is 0 Å². The topological polar surface area (TPSA) is 74.9 Å². The molecule has 0 saturated carbocycles. The lowest BCUT2D eigenvalue weighted by molar-refractivity contribution is 0.0876. The number of likely N-dealkylation sites (tertiary alicyclic amines) is 1. The zero-order valence-corrected chi connectivity index (χ0v) is 17.6. The van der Waals surface area contributed by atoms with Crippen LogP contribution >= 0.6 is 0 Å². The maximum Gasteiger partial charge on any atom is 0.255 e. The first-order chi connectivity index (χ1) is 14.7. The van der Waals surface area contributed by atoms with E-state index in [1.807, 2.05) is 6.07 Å². The van der Waals surface area contributed by atoms with Crippen LogP contribution in [0, 0.1) is 0 Å². The van der Waals surface area contributed by atoms with E-state index in [-0.39, 0.29) is 11.9 Å². The van der Waals surface area contributed by atoms with Crippen LogP contribution in [0.1, 0.15) is 41.2 Å². The van der Waals surface area contributed by atoms with Gasteiger partial charge in [-0.1, -0.05) is 36.4 Å². The quantitative estimate of drug-likeness (QED) is 0.679. The van der Waals surface area contributed by atoms with Gasteiger partial charge >= 0.3 is 0 Å². The number of rotatable bonds is 6. The van der Waals surface area contributed by atoms with Gasteiger partial charge in [0.05, 0.1) is 25.9 Å². The molecule has 1 amide bonds. The van der Waals surface area contributed by atoms with Crippen LogP contribution in [0.4, 0.5) is 0 Å². The van der Waals surface area contributed by atoms with E-state index < -0.39 is 0 Å². The number of para-hydroxylation sites is 1. The summed E-state index contributed by atoms with van der Waals surface area (Å²) in [5.41, 5.74) is 8.68. The summed E-state index contributed by atoms with van der Waals surface area (Å²) in [6.45, 7) is 1.89. The summed E-state index contributed by atoms with van der Waals surface area (Å²) in [4.78, 5) is 15.3. The van der Waals surface area contributed by atoms with Crippen LogP contribution in [0.15, 0.2) is 48.5 Å². The summed E-state index contributed by atoms with van der Waals surface area (Å²) in [7, 11) is 3.13. The lowest BCUT2D eigenvalue weighted by atomic mass is 10.0.